The lowest BCUT2D eigenvalue weighted by Crippen LogP contribution is -2.35. The third kappa shape index (κ3) is 4.29. The molecule has 7 nitrogen and oxygen atoms in total. The van der Waals surface area contributed by atoms with Gasteiger partial charge in [-0.25, -0.2) is 8.42 Å². The summed E-state index contributed by atoms with van der Waals surface area (Å²) in [6, 6.07) is 16.4. The van der Waals surface area contributed by atoms with Crippen LogP contribution in [0.2, 0.25) is 5.02 Å². The Morgan fingerprint density at radius 2 is 1.67 bits per heavy atom. The number of carbonyl (C=O) groups excluding carboxylic acids is 1. The van der Waals surface area contributed by atoms with Crippen molar-refractivity contribution in [1.29, 1.82) is 0 Å². The van der Waals surface area contributed by atoms with Crippen molar-refractivity contribution in [3.05, 3.63) is 71.2 Å². The summed E-state index contributed by atoms with van der Waals surface area (Å²) in [6.07, 6.45) is 2.56. The van der Waals surface area contributed by atoms with E-state index >= 15 is 0 Å². The van der Waals surface area contributed by atoms with Crippen LogP contribution in [0.15, 0.2) is 65.6 Å². The van der Waals surface area contributed by atoms with Crippen molar-refractivity contribution in [3.63, 3.8) is 0 Å². The van der Waals surface area contributed by atoms with Gasteiger partial charge in [0.05, 0.1) is 11.3 Å². The number of piperidine rings is 1. The standard InChI is InChI=1S/C24H21ClN2O5S/c25-16-8-10-17(11-9-16)31-22-15-21-18(24(28)26-19-6-2-3-7-20(19)32-21)14-23(22)33(29,30)27-12-4-1-5-13-27/h2-3,6-11,14-15H,1,4-5,12-13H2,(H,26,28). The highest BCUT2D eigenvalue weighted by atomic mass is 35.5. The van der Waals surface area contributed by atoms with Crippen molar-refractivity contribution in [2.24, 2.45) is 0 Å². The number of fused-ring (bicyclic) bond motifs is 2. The lowest BCUT2D eigenvalue weighted by molar-refractivity contribution is 0.102. The number of nitrogens with zero attached hydrogens (tertiary/aromatic N) is 1. The molecule has 0 bridgehead atoms. The number of carbonyl (C=O) groups is 1. The normalized spacial score (nSPS) is 16.1. The summed E-state index contributed by atoms with van der Waals surface area (Å²) < 4.78 is 40.6. The first-order chi connectivity index (χ1) is 15.9. The molecule has 0 aliphatic carbocycles. The van der Waals surface area contributed by atoms with Crippen LogP contribution in [0.1, 0.15) is 29.6 Å². The second kappa shape index (κ2) is 8.70. The highest BCUT2D eigenvalue weighted by Gasteiger charge is 2.33. The number of nitrogens with one attached hydrogen (secondary N) is 1. The summed E-state index contributed by atoms with van der Waals surface area (Å²) in [6.45, 7) is 0.849. The molecule has 2 heterocycles. The molecule has 0 unspecified atom stereocenters. The van der Waals surface area contributed by atoms with E-state index in [9.17, 15) is 13.2 Å². The van der Waals surface area contributed by atoms with E-state index in [4.69, 9.17) is 21.1 Å². The number of benzene rings is 3. The van der Waals surface area contributed by atoms with E-state index < -0.39 is 15.9 Å². The van der Waals surface area contributed by atoms with E-state index in [1.54, 1.807) is 48.5 Å². The van der Waals surface area contributed by atoms with Gasteiger partial charge in [-0.3, -0.25) is 4.79 Å². The summed E-state index contributed by atoms with van der Waals surface area (Å²) in [5.41, 5.74) is 0.615. The van der Waals surface area contributed by atoms with Gasteiger partial charge >= 0.3 is 0 Å². The molecule has 5 rings (SSSR count). The molecule has 1 fully saturated rings. The van der Waals surface area contributed by atoms with Crippen LogP contribution in [0, 0.1) is 0 Å². The van der Waals surface area contributed by atoms with Gasteiger partial charge in [0.15, 0.2) is 11.5 Å². The van der Waals surface area contributed by atoms with E-state index in [0.717, 1.165) is 19.3 Å². The average Bonchev–Trinajstić information content (AvgIpc) is 2.96. The van der Waals surface area contributed by atoms with E-state index in [0.29, 0.717) is 35.3 Å². The predicted octanol–water partition coefficient (Wildman–Crippen LogP) is 5.66. The Balaban J connectivity index is 1.64. The molecule has 3 aromatic carbocycles. The van der Waals surface area contributed by atoms with Crippen LogP contribution in [0.25, 0.3) is 0 Å². The first-order valence-electron chi connectivity index (χ1n) is 10.6. The van der Waals surface area contributed by atoms with Gasteiger partial charge in [-0.1, -0.05) is 30.2 Å². The van der Waals surface area contributed by atoms with Gasteiger partial charge in [0.2, 0.25) is 10.0 Å². The zero-order chi connectivity index (χ0) is 23.0. The van der Waals surface area contributed by atoms with Gasteiger partial charge in [0.1, 0.15) is 16.4 Å². The number of rotatable bonds is 4. The fourth-order valence-electron chi connectivity index (χ4n) is 3.93. The zero-order valence-corrected chi connectivity index (χ0v) is 19.2. The quantitative estimate of drug-likeness (QED) is 0.516. The van der Waals surface area contributed by atoms with Crippen LogP contribution in [-0.2, 0) is 10.0 Å². The van der Waals surface area contributed by atoms with E-state index in [-0.39, 0.29) is 22.0 Å². The lowest BCUT2D eigenvalue weighted by atomic mass is 10.1. The topological polar surface area (TPSA) is 84.9 Å². The smallest absolute Gasteiger partial charge is 0.259 e. The molecule has 170 valence electrons. The largest absolute Gasteiger partial charge is 0.456 e. The molecule has 0 spiro atoms. The molecular weight excluding hydrogens is 464 g/mol. The number of amides is 1. The number of hydrogen-bond acceptors (Lipinski definition) is 5. The van der Waals surface area contributed by atoms with Crippen molar-refractivity contribution < 1.29 is 22.7 Å². The molecule has 3 aromatic rings. The third-order valence-electron chi connectivity index (χ3n) is 5.62. The first-order valence-corrected chi connectivity index (χ1v) is 12.4. The van der Waals surface area contributed by atoms with E-state index in [1.165, 1.54) is 16.4 Å². The Morgan fingerprint density at radius 3 is 2.42 bits per heavy atom. The molecule has 2 aliphatic rings. The van der Waals surface area contributed by atoms with Gasteiger partial charge in [-0.15, -0.1) is 0 Å². The monoisotopic (exact) mass is 484 g/mol. The molecule has 0 saturated carbocycles. The Morgan fingerprint density at radius 1 is 0.939 bits per heavy atom. The minimum absolute atomic E-state index is 0.0776. The van der Waals surface area contributed by atoms with Crippen molar-refractivity contribution >= 4 is 33.2 Å². The van der Waals surface area contributed by atoms with Crippen LogP contribution in [0.3, 0.4) is 0 Å². The van der Waals surface area contributed by atoms with Gasteiger partial charge in [-0.2, -0.15) is 4.31 Å². The summed E-state index contributed by atoms with van der Waals surface area (Å²) >= 11 is 5.97. The number of ether oxygens (including phenoxy) is 2. The molecule has 2 aliphatic heterocycles. The number of para-hydroxylation sites is 2. The van der Waals surface area contributed by atoms with Crippen molar-refractivity contribution in [1.82, 2.24) is 4.31 Å². The summed E-state index contributed by atoms with van der Waals surface area (Å²) in [5.74, 6) is 0.692. The molecule has 9 heteroatoms. The molecular formula is C24H21ClN2O5S. The predicted molar refractivity (Wildman–Crippen MR) is 125 cm³/mol. The first kappa shape index (κ1) is 21.8. The molecule has 1 saturated heterocycles. The summed E-state index contributed by atoms with van der Waals surface area (Å²) in [7, 11) is -3.91. The second-order valence-electron chi connectivity index (χ2n) is 7.87. The van der Waals surface area contributed by atoms with Crippen LogP contribution in [-0.4, -0.2) is 31.7 Å². The fourth-order valence-corrected chi connectivity index (χ4v) is 5.69. The van der Waals surface area contributed by atoms with Crippen molar-refractivity contribution in [2.75, 3.05) is 18.4 Å². The Kier molecular flexibility index (Phi) is 5.74. The Labute approximate surface area is 196 Å². The van der Waals surface area contributed by atoms with Crippen molar-refractivity contribution in [3.8, 4) is 23.0 Å². The van der Waals surface area contributed by atoms with Crippen molar-refractivity contribution in [2.45, 2.75) is 24.2 Å². The maximum atomic E-state index is 13.6. The van der Waals surface area contributed by atoms with E-state index in [1.807, 2.05) is 0 Å². The number of hydrogen-bond donors (Lipinski definition) is 1. The molecule has 33 heavy (non-hydrogen) atoms. The average molecular weight is 485 g/mol. The Hall–Kier alpha value is -3.07. The highest BCUT2D eigenvalue weighted by Crippen LogP contribution is 2.42. The zero-order valence-electron chi connectivity index (χ0n) is 17.6. The maximum absolute atomic E-state index is 13.6. The van der Waals surface area contributed by atoms with Gasteiger partial charge in [0.25, 0.3) is 5.91 Å². The van der Waals surface area contributed by atoms with Crippen LogP contribution < -0.4 is 14.8 Å². The molecule has 0 atom stereocenters. The molecule has 0 aromatic heterocycles. The molecule has 1 N–H and O–H groups in total. The summed E-state index contributed by atoms with van der Waals surface area (Å²) in [4.78, 5) is 12.9. The van der Waals surface area contributed by atoms with Crippen LogP contribution >= 0.6 is 11.6 Å². The van der Waals surface area contributed by atoms with Crippen LogP contribution in [0.4, 0.5) is 5.69 Å². The van der Waals surface area contributed by atoms with Gasteiger partial charge in [-0.05, 0) is 55.3 Å². The van der Waals surface area contributed by atoms with E-state index in [2.05, 4.69) is 5.32 Å². The van der Waals surface area contributed by atoms with Crippen LogP contribution in [0.5, 0.6) is 23.0 Å². The SMILES string of the molecule is O=C1Nc2ccccc2Oc2cc(Oc3ccc(Cl)cc3)c(S(=O)(=O)N3CCCCC3)cc21. The minimum atomic E-state index is -3.91. The highest BCUT2D eigenvalue weighted by molar-refractivity contribution is 7.89. The third-order valence-corrected chi connectivity index (χ3v) is 7.79. The van der Waals surface area contributed by atoms with Gasteiger partial charge < -0.3 is 14.8 Å². The van der Waals surface area contributed by atoms with Gasteiger partial charge in [0, 0.05) is 24.2 Å². The molecule has 1 amide bonds. The number of halogens is 1. The number of anilines is 1. The lowest BCUT2D eigenvalue weighted by Gasteiger charge is -2.27. The fraction of sp³-hybridized carbons (Fsp3) is 0.208. The Bertz CT molecular complexity index is 1320. The molecule has 0 radical (unpaired) electrons. The second-order valence-corrected chi connectivity index (χ2v) is 10.2. The maximum Gasteiger partial charge on any atom is 0.259 e. The minimum Gasteiger partial charge on any atom is -0.456 e. The number of sulfonamides is 1. The summed E-state index contributed by atoms with van der Waals surface area (Å²) in [5, 5.41) is 3.31.